The molecule has 202 valence electrons. The first-order chi connectivity index (χ1) is 17.8. The summed E-state index contributed by atoms with van der Waals surface area (Å²) in [5, 5.41) is 17.3. The van der Waals surface area contributed by atoms with Crippen LogP contribution in [-0.4, -0.2) is 59.4 Å². The van der Waals surface area contributed by atoms with Gasteiger partial charge in [0, 0.05) is 49.5 Å². The number of anilines is 4. The molecule has 12 heteroatoms. The fourth-order valence-corrected chi connectivity index (χ4v) is 4.15. The summed E-state index contributed by atoms with van der Waals surface area (Å²) >= 11 is 1.23. The molecule has 0 radical (unpaired) electrons. The highest BCUT2D eigenvalue weighted by Gasteiger charge is 2.19. The summed E-state index contributed by atoms with van der Waals surface area (Å²) in [7, 11) is 3.63. The van der Waals surface area contributed by atoms with Crippen LogP contribution in [0.4, 0.5) is 31.9 Å². The number of carboxylic acid groups (broad SMARTS) is 1. The van der Waals surface area contributed by atoms with E-state index >= 15 is 0 Å². The second kappa shape index (κ2) is 11.9. The van der Waals surface area contributed by atoms with Gasteiger partial charge in [-0.3, -0.25) is 15.0 Å². The number of hydrogen-bond donors (Lipinski definition) is 3. The third-order valence-electron chi connectivity index (χ3n) is 5.10. The number of rotatable bonds is 8. The molecule has 2 aromatic heterocycles. The predicted octanol–water partition coefficient (Wildman–Crippen LogP) is 5.24. The Morgan fingerprint density at radius 2 is 1.71 bits per heavy atom. The van der Waals surface area contributed by atoms with Crippen LogP contribution in [0.1, 0.15) is 42.5 Å². The van der Waals surface area contributed by atoms with Gasteiger partial charge in [0.15, 0.2) is 5.13 Å². The van der Waals surface area contributed by atoms with Crippen LogP contribution < -0.4 is 20.4 Å². The zero-order valence-electron chi connectivity index (χ0n) is 22.2. The van der Waals surface area contributed by atoms with Crippen molar-refractivity contribution in [3.63, 3.8) is 0 Å². The van der Waals surface area contributed by atoms with Crippen molar-refractivity contribution in [1.29, 1.82) is 0 Å². The number of pyridine rings is 1. The first-order valence-electron chi connectivity index (χ1n) is 11.8. The summed E-state index contributed by atoms with van der Waals surface area (Å²) in [6, 6.07) is 10.0. The Hall–Kier alpha value is -4.19. The number of nitrogens with zero attached hydrogens (tertiary/aromatic N) is 4. The maximum absolute atomic E-state index is 12.9. The Morgan fingerprint density at radius 1 is 1.03 bits per heavy atom. The molecule has 0 aliphatic carbocycles. The molecule has 0 saturated carbocycles. The topological polar surface area (TPSA) is 137 Å². The summed E-state index contributed by atoms with van der Waals surface area (Å²) in [6.07, 6.45) is -1.38. The Balaban J connectivity index is 1.63. The molecule has 38 heavy (non-hydrogen) atoms. The van der Waals surface area contributed by atoms with Gasteiger partial charge in [-0.15, -0.1) is 11.3 Å². The summed E-state index contributed by atoms with van der Waals surface area (Å²) in [6.45, 7) is 7.31. The van der Waals surface area contributed by atoms with Gasteiger partial charge in [-0.1, -0.05) is 0 Å². The highest BCUT2D eigenvalue weighted by atomic mass is 32.1. The van der Waals surface area contributed by atoms with Crippen LogP contribution in [0.5, 0.6) is 0 Å². The van der Waals surface area contributed by atoms with E-state index in [0.717, 1.165) is 5.69 Å². The minimum Gasteiger partial charge on any atom is -0.465 e. The first kappa shape index (κ1) is 28.4. The first-order valence-corrected chi connectivity index (χ1v) is 12.7. The number of amides is 3. The van der Waals surface area contributed by atoms with E-state index in [1.807, 2.05) is 21.0 Å². The van der Waals surface area contributed by atoms with Crippen LogP contribution >= 0.6 is 11.3 Å². The molecule has 2 heterocycles. The molecule has 0 aliphatic rings. The number of aromatic nitrogens is 2. The van der Waals surface area contributed by atoms with E-state index in [-0.39, 0.29) is 12.5 Å². The van der Waals surface area contributed by atoms with E-state index in [4.69, 9.17) is 4.74 Å². The van der Waals surface area contributed by atoms with Crippen molar-refractivity contribution in [2.24, 2.45) is 0 Å². The molecule has 3 amide bonds. The fraction of sp³-hybridized carbons (Fsp3) is 0.346. The molecule has 0 fully saturated rings. The summed E-state index contributed by atoms with van der Waals surface area (Å²) in [5.74, 6) is 0.242. The lowest BCUT2D eigenvalue weighted by Gasteiger charge is -2.20. The van der Waals surface area contributed by atoms with Crippen LogP contribution in [0.2, 0.25) is 0 Å². The van der Waals surface area contributed by atoms with E-state index < -0.39 is 17.8 Å². The minimum atomic E-state index is -1.12. The molecule has 0 aliphatic heterocycles. The van der Waals surface area contributed by atoms with Gasteiger partial charge in [0.25, 0.3) is 5.91 Å². The molecule has 0 bridgehead atoms. The van der Waals surface area contributed by atoms with Gasteiger partial charge >= 0.3 is 12.2 Å². The fourth-order valence-electron chi connectivity index (χ4n) is 3.42. The van der Waals surface area contributed by atoms with Crippen LogP contribution in [0.3, 0.4) is 0 Å². The zero-order valence-corrected chi connectivity index (χ0v) is 23.0. The molecular formula is C26H32N6O5S. The van der Waals surface area contributed by atoms with Crippen molar-refractivity contribution < 1.29 is 24.2 Å². The standard InChI is InChI=1S/C26H32N6O5S/c1-16-7-12-20(21(27-16)31(5)6)22(33)28-17-8-10-19(11-9-17)32(25(35)36)14-13-18-15-38-23(29-18)30-24(34)37-26(2,3)4/h7-12,15H,13-14H2,1-6H3,(H,28,33)(H,35,36)(H,29,30,34). The Bertz CT molecular complexity index is 1300. The molecule has 0 spiro atoms. The second-order valence-electron chi connectivity index (χ2n) is 9.67. The quantitative estimate of drug-likeness (QED) is 0.353. The molecule has 0 atom stereocenters. The third-order valence-corrected chi connectivity index (χ3v) is 5.91. The Morgan fingerprint density at radius 3 is 2.32 bits per heavy atom. The molecule has 11 nitrogen and oxygen atoms in total. The molecule has 0 unspecified atom stereocenters. The number of nitrogens with one attached hydrogen (secondary N) is 2. The molecular weight excluding hydrogens is 508 g/mol. The van der Waals surface area contributed by atoms with Crippen molar-refractivity contribution in [2.75, 3.05) is 41.1 Å². The van der Waals surface area contributed by atoms with E-state index in [1.165, 1.54) is 16.2 Å². The van der Waals surface area contributed by atoms with E-state index in [0.29, 0.717) is 40.0 Å². The molecule has 3 N–H and O–H groups in total. The Labute approximate surface area is 225 Å². The van der Waals surface area contributed by atoms with Crippen LogP contribution in [0.15, 0.2) is 41.8 Å². The van der Waals surface area contributed by atoms with Gasteiger partial charge < -0.3 is 20.1 Å². The van der Waals surface area contributed by atoms with Crippen molar-refractivity contribution in [3.05, 3.63) is 58.7 Å². The Kier molecular flexibility index (Phi) is 8.89. The van der Waals surface area contributed by atoms with Gasteiger partial charge in [-0.2, -0.15) is 0 Å². The number of ether oxygens (including phenoxy) is 1. The predicted molar refractivity (Wildman–Crippen MR) is 149 cm³/mol. The van der Waals surface area contributed by atoms with Crippen molar-refractivity contribution in [1.82, 2.24) is 9.97 Å². The average molecular weight is 541 g/mol. The maximum atomic E-state index is 12.9. The molecule has 1 aromatic carbocycles. The second-order valence-corrected chi connectivity index (χ2v) is 10.5. The lowest BCUT2D eigenvalue weighted by Crippen LogP contribution is -2.31. The van der Waals surface area contributed by atoms with Gasteiger partial charge in [-0.25, -0.2) is 19.6 Å². The van der Waals surface area contributed by atoms with E-state index in [9.17, 15) is 19.5 Å². The number of aryl methyl sites for hydroxylation is 1. The van der Waals surface area contributed by atoms with Crippen molar-refractivity contribution in [3.8, 4) is 0 Å². The van der Waals surface area contributed by atoms with Gasteiger partial charge in [0.1, 0.15) is 11.4 Å². The monoisotopic (exact) mass is 540 g/mol. The number of benzene rings is 1. The van der Waals surface area contributed by atoms with E-state index in [1.54, 1.807) is 67.4 Å². The summed E-state index contributed by atoms with van der Waals surface area (Å²) < 4.78 is 5.22. The molecule has 3 rings (SSSR count). The van der Waals surface area contributed by atoms with Gasteiger partial charge in [0.2, 0.25) is 0 Å². The number of carbonyl (C=O) groups is 3. The van der Waals surface area contributed by atoms with Crippen molar-refractivity contribution in [2.45, 2.75) is 39.7 Å². The number of hydrogen-bond acceptors (Lipinski definition) is 8. The minimum absolute atomic E-state index is 0.151. The zero-order chi connectivity index (χ0) is 28.0. The number of carbonyl (C=O) groups excluding carboxylic acids is 2. The smallest absolute Gasteiger partial charge is 0.413 e. The van der Waals surface area contributed by atoms with Crippen LogP contribution in [-0.2, 0) is 11.2 Å². The summed E-state index contributed by atoms with van der Waals surface area (Å²) in [5.41, 5.74) is 2.21. The van der Waals surface area contributed by atoms with Crippen LogP contribution in [0.25, 0.3) is 0 Å². The molecule has 3 aromatic rings. The number of thiazole rings is 1. The summed E-state index contributed by atoms with van der Waals surface area (Å²) in [4.78, 5) is 48.4. The average Bonchev–Trinajstić information content (AvgIpc) is 3.25. The third kappa shape index (κ3) is 7.90. The SMILES string of the molecule is Cc1ccc(C(=O)Nc2ccc(N(CCc3csc(NC(=O)OC(C)(C)C)n3)C(=O)O)cc2)c(N(C)C)n1. The van der Waals surface area contributed by atoms with E-state index in [2.05, 4.69) is 20.6 Å². The van der Waals surface area contributed by atoms with Crippen molar-refractivity contribution >= 4 is 51.8 Å². The van der Waals surface area contributed by atoms with Crippen LogP contribution in [0, 0.1) is 6.92 Å². The molecule has 0 saturated heterocycles. The van der Waals surface area contributed by atoms with Gasteiger partial charge in [0.05, 0.1) is 11.3 Å². The lowest BCUT2D eigenvalue weighted by atomic mass is 10.2. The lowest BCUT2D eigenvalue weighted by molar-refractivity contribution is 0.0635. The maximum Gasteiger partial charge on any atom is 0.413 e. The van der Waals surface area contributed by atoms with Gasteiger partial charge in [-0.05, 0) is 64.1 Å². The largest absolute Gasteiger partial charge is 0.465 e. The normalized spacial score (nSPS) is 11.0. The highest BCUT2D eigenvalue weighted by molar-refractivity contribution is 7.13. The highest BCUT2D eigenvalue weighted by Crippen LogP contribution is 2.23.